The molecule has 0 bridgehead atoms. The molecule has 3 rings (SSSR count). The van der Waals surface area contributed by atoms with Crippen LogP contribution in [-0.4, -0.2) is 17.2 Å². The number of allylic oxidation sites excluding steroid dienone is 2. The minimum absolute atomic E-state index is 0.0439. The zero-order chi connectivity index (χ0) is 14.7. The first-order valence-corrected chi connectivity index (χ1v) is 7.86. The van der Waals surface area contributed by atoms with Crippen LogP contribution in [0.25, 0.3) is 0 Å². The minimum Gasteiger partial charge on any atom is -0.512 e. The van der Waals surface area contributed by atoms with Crippen molar-refractivity contribution in [2.24, 2.45) is 11.8 Å². The van der Waals surface area contributed by atoms with Gasteiger partial charge >= 0.3 is 5.97 Å². The summed E-state index contributed by atoms with van der Waals surface area (Å²) in [4.78, 5) is 11.3. The molecule has 1 aliphatic carbocycles. The second-order valence-corrected chi connectivity index (χ2v) is 6.09. The summed E-state index contributed by atoms with van der Waals surface area (Å²) in [6, 6.07) is 10.4. The number of hydrogen-bond acceptors (Lipinski definition) is 3. The molecule has 1 aromatic carbocycles. The molecule has 1 aliphatic heterocycles. The summed E-state index contributed by atoms with van der Waals surface area (Å²) in [5.74, 6) is 0.682. The summed E-state index contributed by atoms with van der Waals surface area (Å²) in [7, 11) is 0. The second-order valence-electron chi connectivity index (χ2n) is 6.09. The van der Waals surface area contributed by atoms with Crippen LogP contribution in [0.3, 0.4) is 0 Å². The Morgan fingerprint density at radius 1 is 1.29 bits per heavy atom. The Balaban J connectivity index is 1.49. The number of carbonyl (C=O) groups excluding carboxylic acids is 1. The number of esters is 1. The average molecular weight is 286 g/mol. The van der Waals surface area contributed by atoms with E-state index in [1.807, 2.05) is 12.1 Å². The normalized spacial score (nSPS) is 28.5. The monoisotopic (exact) mass is 286 g/mol. The van der Waals surface area contributed by atoms with Crippen molar-refractivity contribution in [2.75, 3.05) is 0 Å². The van der Waals surface area contributed by atoms with Crippen LogP contribution in [0.1, 0.15) is 37.7 Å². The molecule has 1 saturated carbocycles. The van der Waals surface area contributed by atoms with Gasteiger partial charge in [-0.2, -0.15) is 0 Å². The van der Waals surface area contributed by atoms with Gasteiger partial charge in [0, 0.05) is 11.8 Å². The number of rotatable bonds is 5. The van der Waals surface area contributed by atoms with Gasteiger partial charge in [0.15, 0.2) is 0 Å². The van der Waals surface area contributed by atoms with Gasteiger partial charge in [-0.1, -0.05) is 30.3 Å². The lowest BCUT2D eigenvalue weighted by Crippen LogP contribution is -2.15. The Hall–Kier alpha value is -1.77. The molecule has 0 aromatic heterocycles. The van der Waals surface area contributed by atoms with Crippen LogP contribution in [0.2, 0.25) is 0 Å². The molecule has 2 aliphatic rings. The third-order valence-electron chi connectivity index (χ3n) is 4.69. The summed E-state index contributed by atoms with van der Waals surface area (Å²) < 4.78 is 5.27. The van der Waals surface area contributed by atoms with Gasteiger partial charge in [0.2, 0.25) is 0 Å². The highest BCUT2D eigenvalue weighted by Crippen LogP contribution is 2.43. The Morgan fingerprint density at radius 3 is 2.90 bits per heavy atom. The molecule has 0 spiro atoms. The Morgan fingerprint density at radius 2 is 2.10 bits per heavy atom. The van der Waals surface area contributed by atoms with Crippen molar-refractivity contribution in [1.82, 2.24) is 0 Å². The molecule has 0 radical (unpaired) electrons. The molecule has 3 nitrogen and oxygen atoms in total. The van der Waals surface area contributed by atoms with Crippen molar-refractivity contribution in [2.45, 2.75) is 44.6 Å². The summed E-state index contributed by atoms with van der Waals surface area (Å²) in [6.07, 6.45) is 7.22. The number of carbonyl (C=O) groups is 1. The molecule has 2 fully saturated rings. The lowest BCUT2D eigenvalue weighted by molar-refractivity contribution is -0.141. The maximum atomic E-state index is 11.3. The fourth-order valence-electron chi connectivity index (χ4n) is 3.58. The van der Waals surface area contributed by atoms with Gasteiger partial charge in [-0.05, 0) is 43.7 Å². The molecule has 21 heavy (non-hydrogen) atoms. The van der Waals surface area contributed by atoms with Gasteiger partial charge < -0.3 is 9.84 Å². The second kappa shape index (κ2) is 6.33. The topological polar surface area (TPSA) is 46.5 Å². The van der Waals surface area contributed by atoms with Gasteiger partial charge in [-0.3, -0.25) is 4.79 Å². The first-order valence-electron chi connectivity index (χ1n) is 7.86. The first kappa shape index (κ1) is 14.2. The fraction of sp³-hybridized carbons (Fsp3) is 0.500. The van der Waals surface area contributed by atoms with Gasteiger partial charge in [0.1, 0.15) is 6.10 Å². The van der Waals surface area contributed by atoms with E-state index in [0.717, 1.165) is 32.1 Å². The molecule has 1 heterocycles. The van der Waals surface area contributed by atoms with Gasteiger partial charge in [0.05, 0.1) is 12.2 Å². The van der Waals surface area contributed by atoms with Crippen molar-refractivity contribution < 1.29 is 14.6 Å². The molecule has 1 aromatic rings. The quantitative estimate of drug-likeness (QED) is 0.509. The first-order chi connectivity index (χ1) is 10.2. The van der Waals surface area contributed by atoms with Crippen LogP contribution in [0.5, 0.6) is 0 Å². The minimum atomic E-state index is -0.105. The van der Waals surface area contributed by atoms with Crippen molar-refractivity contribution in [1.29, 1.82) is 0 Å². The lowest BCUT2D eigenvalue weighted by atomic mass is 9.91. The highest BCUT2D eigenvalue weighted by Gasteiger charge is 2.46. The summed E-state index contributed by atoms with van der Waals surface area (Å²) >= 11 is 0. The molecular weight excluding hydrogens is 264 g/mol. The molecule has 112 valence electrons. The number of aliphatic hydroxyl groups is 1. The SMILES string of the molecule is O=C1C[C@@H]2C(CC[C@H]2/C(O)=C\CCCc2ccccc2)O1. The largest absolute Gasteiger partial charge is 0.512 e. The average Bonchev–Trinajstić information content (AvgIpc) is 3.03. The predicted molar refractivity (Wildman–Crippen MR) is 80.8 cm³/mol. The van der Waals surface area contributed by atoms with E-state index in [0.29, 0.717) is 12.2 Å². The molecule has 1 N–H and O–H groups in total. The molecule has 1 unspecified atom stereocenters. The Bertz CT molecular complexity index is 521. The van der Waals surface area contributed by atoms with Crippen molar-refractivity contribution in [3.8, 4) is 0 Å². The van der Waals surface area contributed by atoms with Gasteiger partial charge in [-0.25, -0.2) is 0 Å². The lowest BCUT2D eigenvalue weighted by Gasteiger charge is -2.15. The van der Waals surface area contributed by atoms with E-state index in [-0.39, 0.29) is 23.9 Å². The number of ether oxygens (including phenoxy) is 1. The number of hydrogen-bond donors (Lipinski definition) is 1. The number of unbranched alkanes of at least 4 members (excludes halogenated alkanes) is 1. The fourth-order valence-corrected chi connectivity index (χ4v) is 3.58. The molecule has 3 atom stereocenters. The molecule has 0 amide bonds. The number of benzene rings is 1. The maximum absolute atomic E-state index is 11.3. The summed E-state index contributed by atoms with van der Waals surface area (Å²) in [6.45, 7) is 0. The van der Waals surface area contributed by atoms with Crippen LogP contribution in [-0.2, 0) is 16.0 Å². The van der Waals surface area contributed by atoms with E-state index in [9.17, 15) is 9.90 Å². The third kappa shape index (κ3) is 3.29. The highest BCUT2D eigenvalue weighted by atomic mass is 16.6. The van der Waals surface area contributed by atoms with Gasteiger partial charge in [0.25, 0.3) is 0 Å². The number of fused-ring (bicyclic) bond motifs is 1. The standard InChI is InChI=1S/C18H22O3/c19-16(9-5-4-8-13-6-2-1-3-7-13)14-10-11-17-15(14)12-18(20)21-17/h1-3,6-7,9,14-15,17,19H,4-5,8,10-12H2/b16-9+/t14-,15+,17?/m1/s1. The number of aliphatic hydroxyl groups excluding tert-OH is 1. The molecule has 1 saturated heterocycles. The predicted octanol–water partition coefficient (Wildman–Crippen LogP) is 3.79. The van der Waals surface area contributed by atoms with E-state index in [4.69, 9.17) is 4.74 Å². The van der Waals surface area contributed by atoms with E-state index in [2.05, 4.69) is 24.3 Å². The van der Waals surface area contributed by atoms with E-state index in [1.54, 1.807) is 0 Å². The van der Waals surface area contributed by atoms with Crippen LogP contribution >= 0.6 is 0 Å². The van der Waals surface area contributed by atoms with Crippen LogP contribution in [0, 0.1) is 11.8 Å². The molecular formula is C18H22O3. The third-order valence-corrected chi connectivity index (χ3v) is 4.69. The van der Waals surface area contributed by atoms with Crippen LogP contribution < -0.4 is 0 Å². The summed E-state index contributed by atoms with van der Waals surface area (Å²) in [5, 5.41) is 10.3. The van der Waals surface area contributed by atoms with Crippen molar-refractivity contribution in [3.05, 3.63) is 47.7 Å². The molecule has 3 heteroatoms. The van der Waals surface area contributed by atoms with E-state index >= 15 is 0 Å². The van der Waals surface area contributed by atoms with Crippen molar-refractivity contribution in [3.63, 3.8) is 0 Å². The van der Waals surface area contributed by atoms with Crippen LogP contribution in [0.15, 0.2) is 42.2 Å². The highest BCUT2D eigenvalue weighted by molar-refractivity contribution is 5.72. The van der Waals surface area contributed by atoms with Crippen molar-refractivity contribution >= 4 is 5.97 Å². The van der Waals surface area contributed by atoms with Gasteiger partial charge in [-0.15, -0.1) is 0 Å². The Labute approximate surface area is 125 Å². The zero-order valence-electron chi connectivity index (χ0n) is 12.2. The Kier molecular flexibility index (Phi) is 4.28. The van der Waals surface area contributed by atoms with Crippen LogP contribution in [0.4, 0.5) is 0 Å². The zero-order valence-corrected chi connectivity index (χ0v) is 12.2. The number of aryl methyl sites for hydroxylation is 1. The maximum Gasteiger partial charge on any atom is 0.306 e. The van der Waals surface area contributed by atoms with E-state index in [1.165, 1.54) is 5.56 Å². The summed E-state index contributed by atoms with van der Waals surface area (Å²) in [5.41, 5.74) is 1.33. The smallest absolute Gasteiger partial charge is 0.306 e. The van der Waals surface area contributed by atoms with E-state index < -0.39 is 0 Å².